The van der Waals surface area contributed by atoms with Crippen LogP contribution in [0.1, 0.15) is 50.7 Å². The van der Waals surface area contributed by atoms with Crippen molar-refractivity contribution < 1.29 is 9.72 Å². The van der Waals surface area contributed by atoms with Crippen LogP contribution < -0.4 is 0 Å². The van der Waals surface area contributed by atoms with Gasteiger partial charge >= 0.3 is 0 Å². The van der Waals surface area contributed by atoms with Crippen molar-refractivity contribution >= 4 is 17.5 Å². The maximum Gasteiger partial charge on any atom is 0.270 e. The fourth-order valence-electron chi connectivity index (χ4n) is 1.82. The molecule has 0 bridgehead atoms. The van der Waals surface area contributed by atoms with Gasteiger partial charge in [0.1, 0.15) is 0 Å². The molecule has 0 amide bonds. The lowest BCUT2D eigenvalue weighted by Crippen LogP contribution is -1.99. The van der Waals surface area contributed by atoms with Gasteiger partial charge in [-0.25, -0.2) is 4.79 Å². The summed E-state index contributed by atoms with van der Waals surface area (Å²) < 4.78 is 0. The molecular weight excluding hydrogens is 232 g/mol. The van der Waals surface area contributed by atoms with Gasteiger partial charge in [-0.3, -0.25) is 10.1 Å². The smallest absolute Gasteiger partial charge is 0.258 e. The minimum atomic E-state index is -0.424. The SMILES string of the molecule is CC(C)c1cc([N+](=O)[O-])cc(C(C)C)c1N=C=O. The molecule has 0 saturated carbocycles. The summed E-state index contributed by atoms with van der Waals surface area (Å²) in [5, 5.41) is 10.9. The molecule has 0 spiro atoms. The van der Waals surface area contributed by atoms with E-state index in [-0.39, 0.29) is 17.5 Å². The first-order chi connectivity index (χ1) is 8.38. The van der Waals surface area contributed by atoms with E-state index in [9.17, 15) is 14.9 Å². The molecular formula is C13H16N2O3. The Kier molecular flexibility index (Phi) is 4.34. The lowest BCUT2D eigenvalue weighted by molar-refractivity contribution is -0.385. The number of aliphatic imine (C=N–C) groups is 1. The predicted octanol–water partition coefficient (Wildman–Crippen LogP) is 3.81. The molecule has 0 saturated heterocycles. The standard InChI is InChI=1S/C13H16N2O3/c1-8(2)11-5-10(15(17)18)6-12(9(3)4)13(11)14-7-16/h5-6,8-9H,1-4H3. The largest absolute Gasteiger partial charge is 0.270 e. The molecule has 0 N–H and O–H groups in total. The molecule has 1 aromatic rings. The van der Waals surface area contributed by atoms with Crippen LogP contribution in [0.4, 0.5) is 11.4 Å². The first-order valence-electron chi connectivity index (χ1n) is 5.78. The predicted molar refractivity (Wildman–Crippen MR) is 69.1 cm³/mol. The zero-order valence-corrected chi connectivity index (χ0v) is 10.9. The number of carbonyl (C=O) groups excluding carboxylic acids is 1. The van der Waals surface area contributed by atoms with Crippen molar-refractivity contribution in [2.45, 2.75) is 39.5 Å². The van der Waals surface area contributed by atoms with E-state index in [2.05, 4.69) is 4.99 Å². The Labute approximate surface area is 106 Å². The minimum Gasteiger partial charge on any atom is -0.258 e. The highest BCUT2D eigenvalue weighted by Crippen LogP contribution is 2.37. The van der Waals surface area contributed by atoms with Crippen LogP contribution in [0.25, 0.3) is 0 Å². The molecule has 0 aromatic heterocycles. The normalized spacial score (nSPS) is 10.6. The van der Waals surface area contributed by atoms with E-state index < -0.39 is 4.92 Å². The van der Waals surface area contributed by atoms with Crippen molar-refractivity contribution in [1.29, 1.82) is 0 Å². The molecule has 0 fully saturated rings. The molecule has 0 atom stereocenters. The van der Waals surface area contributed by atoms with Gasteiger partial charge in [0.2, 0.25) is 6.08 Å². The Hall–Kier alpha value is -2.00. The number of nitro groups is 1. The summed E-state index contributed by atoms with van der Waals surface area (Å²) in [6.07, 6.45) is 1.53. The Balaban J connectivity index is 3.64. The number of benzene rings is 1. The van der Waals surface area contributed by atoms with E-state index in [4.69, 9.17) is 0 Å². The summed E-state index contributed by atoms with van der Waals surface area (Å²) in [7, 11) is 0. The van der Waals surface area contributed by atoms with Crippen molar-refractivity contribution in [3.05, 3.63) is 33.4 Å². The van der Waals surface area contributed by atoms with Gasteiger partial charge in [0.15, 0.2) is 0 Å². The maximum absolute atomic E-state index is 10.9. The topological polar surface area (TPSA) is 72.6 Å². The highest BCUT2D eigenvalue weighted by atomic mass is 16.6. The zero-order valence-electron chi connectivity index (χ0n) is 10.9. The molecule has 0 unspecified atom stereocenters. The highest BCUT2D eigenvalue weighted by Gasteiger charge is 2.19. The average molecular weight is 248 g/mol. The number of hydrogen-bond acceptors (Lipinski definition) is 4. The molecule has 0 radical (unpaired) electrons. The molecule has 1 aromatic carbocycles. The highest BCUT2D eigenvalue weighted by molar-refractivity contribution is 5.64. The van der Waals surface area contributed by atoms with Crippen LogP contribution in [0.3, 0.4) is 0 Å². The second-order valence-electron chi connectivity index (χ2n) is 4.74. The molecule has 18 heavy (non-hydrogen) atoms. The minimum absolute atomic E-state index is 0.0345. The Morgan fingerprint density at radius 3 is 1.89 bits per heavy atom. The van der Waals surface area contributed by atoms with Gasteiger partial charge in [0.25, 0.3) is 5.69 Å². The van der Waals surface area contributed by atoms with Crippen LogP contribution in [-0.4, -0.2) is 11.0 Å². The van der Waals surface area contributed by atoms with Gasteiger partial charge in [-0.1, -0.05) is 27.7 Å². The second kappa shape index (κ2) is 5.56. The fourth-order valence-corrected chi connectivity index (χ4v) is 1.82. The molecule has 1 rings (SSSR count). The van der Waals surface area contributed by atoms with Crippen molar-refractivity contribution in [3.8, 4) is 0 Å². The quantitative estimate of drug-likeness (QED) is 0.352. The third-order valence-electron chi connectivity index (χ3n) is 2.77. The van der Waals surface area contributed by atoms with Gasteiger partial charge in [-0.05, 0) is 23.0 Å². The number of nitrogens with zero attached hydrogens (tertiary/aromatic N) is 2. The van der Waals surface area contributed by atoms with E-state index in [1.165, 1.54) is 18.2 Å². The third-order valence-corrected chi connectivity index (χ3v) is 2.77. The van der Waals surface area contributed by atoms with Crippen molar-refractivity contribution in [2.24, 2.45) is 4.99 Å². The van der Waals surface area contributed by atoms with Crippen LogP contribution in [0, 0.1) is 10.1 Å². The van der Waals surface area contributed by atoms with E-state index in [0.29, 0.717) is 16.8 Å². The van der Waals surface area contributed by atoms with E-state index >= 15 is 0 Å². The van der Waals surface area contributed by atoms with Crippen LogP contribution in [0.5, 0.6) is 0 Å². The lowest BCUT2D eigenvalue weighted by atomic mass is 9.92. The number of rotatable bonds is 4. The molecule has 0 aliphatic rings. The van der Waals surface area contributed by atoms with Gasteiger partial charge in [0, 0.05) is 12.1 Å². The summed E-state index contributed by atoms with van der Waals surface area (Å²) in [6.45, 7) is 7.64. The molecule has 0 aliphatic heterocycles. The second-order valence-corrected chi connectivity index (χ2v) is 4.74. The number of nitro benzene ring substituents is 1. The third kappa shape index (κ3) is 2.81. The Bertz CT molecular complexity index is 486. The summed E-state index contributed by atoms with van der Waals surface area (Å²) in [5.41, 5.74) is 1.96. The molecule has 0 aliphatic carbocycles. The average Bonchev–Trinajstić information content (AvgIpc) is 2.28. The first kappa shape index (κ1) is 14.1. The Morgan fingerprint density at radius 1 is 1.17 bits per heavy atom. The first-order valence-corrected chi connectivity index (χ1v) is 5.78. The van der Waals surface area contributed by atoms with Crippen molar-refractivity contribution in [2.75, 3.05) is 0 Å². The zero-order chi connectivity index (χ0) is 13.9. The van der Waals surface area contributed by atoms with Gasteiger partial charge < -0.3 is 0 Å². The summed E-state index contributed by atoms with van der Waals surface area (Å²) in [5.74, 6) is 0.101. The number of hydrogen-bond donors (Lipinski definition) is 0. The fraction of sp³-hybridized carbons (Fsp3) is 0.462. The monoisotopic (exact) mass is 248 g/mol. The maximum atomic E-state index is 10.9. The van der Waals surface area contributed by atoms with Crippen molar-refractivity contribution in [1.82, 2.24) is 0 Å². The summed E-state index contributed by atoms with van der Waals surface area (Å²) in [4.78, 5) is 24.7. The van der Waals surface area contributed by atoms with Gasteiger partial charge in [-0.15, -0.1) is 0 Å². The van der Waals surface area contributed by atoms with Gasteiger partial charge in [-0.2, -0.15) is 4.99 Å². The molecule has 5 heteroatoms. The van der Waals surface area contributed by atoms with Crippen molar-refractivity contribution in [3.63, 3.8) is 0 Å². The van der Waals surface area contributed by atoms with Crippen LogP contribution in [0.2, 0.25) is 0 Å². The van der Waals surface area contributed by atoms with Crippen LogP contribution in [0.15, 0.2) is 17.1 Å². The van der Waals surface area contributed by atoms with Crippen LogP contribution >= 0.6 is 0 Å². The molecule has 0 heterocycles. The van der Waals surface area contributed by atoms with E-state index in [1.807, 2.05) is 27.7 Å². The van der Waals surface area contributed by atoms with Crippen LogP contribution in [-0.2, 0) is 4.79 Å². The summed E-state index contributed by atoms with van der Waals surface area (Å²) in [6, 6.07) is 2.96. The Morgan fingerprint density at radius 2 is 1.61 bits per heavy atom. The molecule has 96 valence electrons. The van der Waals surface area contributed by atoms with E-state index in [1.54, 1.807) is 0 Å². The van der Waals surface area contributed by atoms with Gasteiger partial charge in [0.05, 0.1) is 10.6 Å². The summed E-state index contributed by atoms with van der Waals surface area (Å²) >= 11 is 0. The number of non-ortho nitro benzene ring substituents is 1. The molecule has 5 nitrogen and oxygen atoms in total. The number of isocyanates is 1. The van der Waals surface area contributed by atoms with E-state index in [0.717, 1.165) is 0 Å². The lowest BCUT2D eigenvalue weighted by Gasteiger charge is -2.15.